The van der Waals surface area contributed by atoms with Crippen LogP contribution in [-0.2, 0) is 23.7 Å². The Labute approximate surface area is 269 Å². The number of hydrogen-bond donors (Lipinski definition) is 3. The summed E-state index contributed by atoms with van der Waals surface area (Å²) in [7, 11) is -2.20. The number of fused-ring (bicyclic) bond motifs is 1. The van der Waals surface area contributed by atoms with Crippen LogP contribution in [0, 0.1) is 11.8 Å². The van der Waals surface area contributed by atoms with E-state index in [4.69, 9.17) is 0 Å². The van der Waals surface area contributed by atoms with Crippen molar-refractivity contribution >= 4 is 38.4 Å². The van der Waals surface area contributed by atoms with Gasteiger partial charge in [0.25, 0.3) is 21.7 Å². The monoisotopic (exact) mass is 647 g/mol. The maximum absolute atomic E-state index is 14.5. The van der Waals surface area contributed by atoms with Crippen molar-refractivity contribution < 1.29 is 13.2 Å². The highest BCUT2D eigenvalue weighted by Crippen LogP contribution is 2.39. The summed E-state index contributed by atoms with van der Waals surface area (Å²) in [5.41, 5.74) is 4.36. The van der Waals surface area contributed by atoms with Gasteiger partial charge in [-0.15, -0.1) is 5.10 Å². The molecule has 0 saturated carbocycles. The third kappa shape index (κ3) is 5.31. The number of aromatic nitrogens is 6. The number of para-hydroxylation sites is 1. The summed E-state index contributed by atoms with van der Waals surface area (Å²) in [6.45, 7) is 3.57. The summed E-state index contributed by atoms with van der Waals surface area (Å²) in [5.74, 6) is 5.50. The quantitative estimate of drug-likeness (QED) is 0.214. The van der Waals surface area contributed by atoms with Gasteiger partial charge in [-0.25, -0.2) is 9.50 Å². The fraction of sp³-hybridized carbons (Fsp3) is 0.182. The number of nitrogens with one attached hydrogen (secondary N) is 3. The van der Waals surface area contributed by atoms with Crippen LogP contribution in [0.4, 0.5) is 5.82 Å². The van der Waals surface area contributed by atoms with Crippen LogP contribution >= 0.6 is 0 Å². The molecule has 1 amide bonds. The van der Waals surface area contributed by atoms with E-state index in [0.29, 0.717) is 28.8 Å². The van der Waals surface area contributed by atoms with E-state index in [1.165, 1.54) is 10.7 Å². The first-order chi connectivity index (χ1) is 22.6. The molecule has 0 spiro atoms. The molecule has 1 aliphatic carbocycles. The number of rotatable bonds is 8. The van der Waals surface area contributed by atoms with E-state index in [9.17, 15) is 18.0 Å². The molecule has 6 aromatic rings. The molecule has 13 nitrogen and oxygen atoms in total. The zero-order chi connectivity index (χ0) is 32.9. The molecular weight excluding hydrogens is 618 g/mol. The fourth-order valence-electron chi connectivity index (χ4n) is 5.98. The van der Waals surface area contributed by atoms with Crippen LogP contribution in [-0.4, -0.2) is 49.8 Å². The van der Waals surface area contributed by atoms with Crippen LogP contribution in [0.25, 0.3) is 22.1 Å². The Bertz CT molecular complexity index is 2450. The fourth-order valence-corrected chi connectivity index (χ4v) is 6.83. The van der Waals surface area contributed by atoms with E-state index in [1.807, 2.05) is 55.7 Å². The summed E-state index contributed by atoms with van der Waals surface area (Å²) in [6.07, 6.45) is 7.12. The Morgan fingerprint density at radius 1 is 1.09 bits per heavy atom. The SMILES string of the molecule is CCNS(=O)(=O)Nc1nn2cccnc2c1C(=O)N[C@@H](C)c1c2c3c(ccc(C#Cc4cnn(C)c4)c3c(=O)n1-c1ccccc1)C2. The van der Waals surface area contributed by atoms with Crippen LogP contribution in [0.2, 0.25) is 0 Å². The molecule has 0 saturated heterocycles. The highest BCUT2D eigenvalue weighted by atomic mass is 32.2. The van der Waals surface area contributed by atoms with Gasteiger partial charge in [0.1, 0.15) is 5.56 Å². The lowest BCUT2D eigenvalue weighted by Crippen LogP contribution is -2.36. The molecule has 7 rings (SSSR count). The number of amides is 1. The topological polar surface area (TPSA) is 157 Å². The molecule has 1 atom stereocenters. The lowest BCUT2D eigenvalue weighted by molar-refractivity contribution is 0.0941. The van der Waals surface area contributed by atoms with Crippen molar-refractivity contribution in [3.63, 3.8) is 0 Å². The molecule has 0 radical (unpaired) electrons. The van der Waals surface area contributed by atoms with E-state index >= 15 is 0 Å². The van der Waals surface area contributed by atoms with Crippen molar-refractivity contribution in [1.82, 2.24) is 39.0 Å². The molecule has 0 aliphatic heterocycles. The van der Waals surface area contributed by atoms with Crippen LogP contribution in [0.3, 0.4) is 0 Å². The molecule has 14 heteroatoms. The van der Waals surface area contributed by atoms with Gasteiger partial charge in [-0.05, 0) is 47.7 Å². The van der Waals surface area contributed by atoms with Gasteiger partial charge in [0, 0.05) is 49.9 Å². The van der Waals surface area contributed by atoms with Gasteiger partial charge >= 0.3 is 0 Å². The van der Waals surface area contributed by atoms with E-state index < -0.39 is 22.2 Å². The lowest BCUT2D eigenvalue weighted by Gasteiger charge is -2.30. The van der Waals surface area contributed by atoms with Gasteiger partial charge in [-0.2, -0.15) is 18.2 Å². The molecule has 0 bridgehead atoms. The average molecular weight is 648 g/mol. The largest absolute Gasteiger partial charge is 0.344 e. The summed E-state index contributed by atoms with van der Waals surface area (Å²) in [5, 5.41) is 12.8. The highest BCUT2D eigenvalue weighted by Gasteiger charge is 2.32. The number of pyridine rings is 1. The molecule has 2 aromatic carbocycles. The minimum Gasteiger partial charge on any atom is -0.344 e. The molecule has 47 heavy (non-hydrogen) atoms. The minimum absolute atomic E-state index is 0.0550. The lowest BCUT2D eigenvalue weighted by atomic mass is 9.81. The predicted octanol–water partition coefficient (Wildman–Crippen LogP) is 2.83. The summed E-state index contributed by atoms with van der Waals surface area (Å²) < 4.78 is 34.5. The summed E-state index contributed by atoms with van der Waals surface area (Å²) in [6, 6.07) is 14.0. The number of nitrogens with zero attached hydrogens (tertiary/aromatic N) is 6. The molecule has 3 N–H and O–H groups in total. The van der Waals surface area contributed by atoms with Crippen LogP contribution in [0.5, 0.6) is 0 Å². The molecule has 0 fully saturated rings. The Kier molecular flexibility index (Phi) is 7.34. The van der Waals surface area contributed by atoms with Gasteiger partial charge in [0.15, 0.2) is 11.5 Å². The third-order valence-corrected chi connectivity index (χ3v) is 9.06. The highest BCUT2D eigenvalue weighted by molar-refractivity contribution is 7.90. The number of carbonyl (C=O) groups is 1. The van der Waals surface area contributed by atoms with Gasteiger partial charge < -0.3 is 5.32 Å². The molecule has 0 unspecified atom stereocenters. The van der Waals surface area contributed by atoms with Crippen LogP contribution in [0.15, 0.2) is 78.1 Å². The number of carbonyl (C=O) groups excluding carboxylic acids is 1. The molecule has 4 aromatic heterocycles. The molecule has 1 aliphatic rings. The Hall–Kier alpha value is -5.78. The number of benzene rings is 2. The second-order valence-electron chi connectivity index (χ2n) is 11.1. The van der Waals surface area contributed by atoms with Crippen molar-refractivity contribution in [3.05, 3.63) is 117 Å². The first-order valence-electron chi connectivity index (χ1n) is 14.9. The van der Waals surface area contributed by atoms with Crippen molar-refractivity contribution in [2.75, 3.05) is 11.3 Å². The van der Waals surface area contributed by atoms with Gasteiger partial charge in [-0.3, -0.25) is 23.6 Å². The molecule has 4 heterocycles. The Morgan fingerprint density at radius 2 is 1.89 bits per heavy atom. The maximum Gasteiger partial charge on any atom is 0.300 e. The summed E-state index contributed by atoms with van der Waals surface area (Å²) >= 11 is 0. The van der Waals surface area contributed by atoms with Gasteiger partial charge in [0.2, 0.25) is 0 Å². The zero-order valence-electron chi connectivity index (χ0n) is 25.6. The van der Waals surface area contributed by atoms with Crippen molar-refractivity contribution in [3.8, 4) is 17.5 Å². The second-order valence-corrected chi connectivity index (χ2v) is 12.6. The van der Waals surface area contributed by atoms with E-state index in [-0.39, 0.29) is 29.1 Å². The van der Waals surface area contributed by atoms with Gasteiger partial charge in [0.05, 0.1) is 28.9 Å². The maximum atomic E-state index is 14.5. The Morgan fingerprint density at radius 3 is 2.64 bits per heavy atom. The van der Waals surface area contributed by atoms with E-state index in [1.54, 1.807) is 41.6 Å². The predicted molar refractivity (Wildman–Crippen MR) is 177 cm³/mol. The second kappa shape index (κ2) is 11.5. The molecule has 236 valence electrons. The number of hydrogen-bond acceptors (Lipinski definition) is 7. The van der Waals surface area contributed by atoms with E-state index in [2.05, 4.69) is 41.8 Å². The first kappa shape index (κ1) is 29.9. The number of anilines is 1. The van der Waals surface area contributed by atoms with Crippen LogP contribution < -0.4 is 20.3 Å². The van der Waals surface area contributed by atoms with Crippen molar-refractivity contribution in [2.24, 2.45) is 7.05 Å². The normalized spacial score (nSPS) is 12.7. The van der Waals surface area contributed by atoms with Crippen molar-refractivity contribution in [2.45, 2.75) is 26.3 Å². The molecular formula is C33H29N9O4S. The standard InChI is InChI=1S/C33H29N9O4S/c1-4-36-47(45,46)39-30-28(31-34-15-8-16-41(31)38-30)32(43)37-20(2)29-25-17-23-14-13-22(12-11-21-18-35-40(3)19-21)27(26(23)25)33(44)42(29)24-9-6-5-7-10-24/h5-10,13-16,18-20,36H,4,17H2,1-3H3,(H,37,43)(H,38,39)/t20-/m0/s1. The smallest absolute Gasteiger partial charge is 0.300 e. The summed E-state index contributed by atoms with van der Waals surface area (Å²) in [4.78, 5) is 32.8. The average Bonchev–Trinajstić information content (AvgIpc) is 3.62. The first-order valence-corrected chi connectivity index (χ1v) is 16.3. The minimum atomic E-state index is -4.01. The third-order valence-electron chi connectivity index (χ3n) is 7.93. The Balaban J connectivity index is 1.35. The van der Waals surface area contributed by atoms with Gasteiger partial charge in [-0.1, -0.05) is 43.0 Å². The number of aryl methyl sites for hydroxylation is 1. The van der Waals surface area contributed by atoms with Crippen molar-refractivity contribution in [1.29, 1.82) is 0 Å². The zero-order valence-corrected chi connectivity index (χ0v) is 26.5. The van der Waals surface area contributed by atoms with E-state index in [0.717, 1.165) is 22.1 Å². The van der Waals surface area contributed by atoms with Crippen LogP contribution in [0.1, 0.15) is 58.2 Å².